The number of halogens is 2. The standard InChI is InChI=1S/C20H22BrClN2O4/c1-12(2)14-4-6-18(16(21)9-14)28-11-20(26)24-23-19(25)10-27-17-7-5-15(22)8-13(17)3/h4-9,12H,10-11H2,1-3H3,(H,23,25)(H,24,26). The zero-order chi connectivity index (χ0) is 20.7. The molecule has 2 amide bonds. The molecule has 2 rings (SSSR count). The second-order valence-corrected chi connectivity index (χ2v) is 7.72. The van der Waals surface area contributed by atoms with Crippen LogP contribution in [0.5, 0.6) is 11.5 Å². The van der Waals surface area contributed by atoms with Crippen molar-refractivity contribution in [1.29, 1.82) is 0 Å². The van der Waals surface area contributed by atoms with Crippen molar-refractivity contribution < 1.29 is 19.1 Å². The number of hydrogen-bond acceptors (Lipinski definition) is 4. The lowest BCUT2D eigenvalue weighted by Gasteiger charge is -2.12. The van der Waals surface area contributed by atoms with Gasteiger partial charge in [-0.3, -0.25) is 20.4 Å². The molecule has 0 aliphatic rings. The van der Waals surface area contributed by atoms with Crippen molar-refractivity contribution in [1.82, 2.24) is 10.9 Å². The van der Waals surface area contributed by atoms with Gasteiger partial charge in [-0.1, -0.05) is 31.5 Å². The van der Waals surface area contributed by atoms with Gasteiger partial charge in [0.05, 0.1) is 4.47 Å². The summed E-state index contributed by atoms with van der Waals surface area (Å²) in [6.45, 7) is 5.53. The third kappa shape index (κ3) is 6.73. The Bertz CT molecular complexity index is 858. The van der Waals surface area contributed by atoms with E-state index in [0.717, 1.165) is 15.6 Å². The summed E-state index contributed by atoms with van der Waals surface area (Å²) in [4.78, 5) is 23.7. The highest BCUT2D eigenvalue weighted by molar-refractivity contribution is 9.10. The van der Waals surface area contributed by atoms with E-state index in [4.69, 9.17) is 21.1 Å². The summed E-state index contributed by atoms with van der Waals surface area (Å²) in [7, 11) is 0. The van der Waals surface area contributed by atoms with Gasteiger partial charge >= 0.3 is 0 Å². The van der Waals surface area contributed by atoms with E-state index >= 15 is 0 Å². The number of hydrazine groups is 1. The van der Waals surface area contributed by atoms with Gasteiger partial charge in [0.2, 0.25) is 0 Å². The van der Waals surface area contributed by atoms with E-state index in [1.54, 1.807) is 24.3 Å². The smallest absolute Gasteiger partial charge is 0.276 e. The molecule has 0 unspecified atom stereocenters. The van der Waals surface area contributed by atoms with E-state index in [9.17, 15) is 9.59 Å². The number of amides is 2. The average Bonchev–Trinajstić information content (AvgIpc) is 2.64. The zero-order valence-electron chi connectivity index (χ0n) is 15.8. The zero-order valence-corrected chi connectivity index (χ0v) is 18.2. The molecule has 6 nitrogen and oxygen atoms in total. The lowest BCUT2D eigenvalue weighted by Crippen LogP contribution is -2.45. The van der Waals surface area contributed by atoms with Gasteiger partial charge in [0.25, 0.3) is 11.8 Å². The maximum Gasteiger partial charge on any atom is 0.276 e. The SMILES string of the molecule is Cc1cc(Cl)ccc1OCC(=O)NNC(=O)COc1ccc(C(C)C)cc1Br. The predicted molar refractivity (Wildman–Crippen MR) is 112 cm³/mol. The van der Waals surface area contributed by atoms with Crippen molar-refractivity contribution in [2.45, 2.75) is 26.7 Å². The molecule has 0 radical (unpaired) electrons. The third-order valence-electron chi connectivity index (χ3n) is 3.82. The number of ether oxygens (including phenoxy) is 2. The van der Waals surface area contributed by atoms with Gasteiger partial charge in [-0.05, 0) is 70.2 Å². The van der Waals surface area contributed by atoms with Gasteiger partial charge < -0.3 is 9.47 Å². The van der Waals surface area contributed by atoms with Crippen LogP contribution in [-0.4, -0.2) is 25.0 Å². The summed E-state index contributed by atoms with van der Waals surface area (Å²) in [6, 6.07) is 10.8. The molecule has 0 saturated heterocycles. The Kier molecular flexibility index (Phi) is 8.14. The summed E-state index contributed by atoms with van der Waals surface area (Å²) in [6.07, 6.45) is 0. The molecule has 0 spiro atoms. The molecule has 2 aromatic rings. The highest BCUT2D eigenvalue weighted by Crippen LogP contribution is 2.28. The van der Waals surface area contributed by atoms with Gasteiger partial charge in [-0.25, -0.2) is 0 Å². The summed E-state index contributed by atoms with van der Waals surface area (Å²) in [5, 5.41) is 0.590. The van der Waals surface area contributed by atoms with Crippen LogP contribution < -0.4 is 20.3 Å². The lowest BCUT2D eigenvalue weighted by atomic mass is 10.0. The van der Waals surface area contributed by atoms with Crippen molar-refractivity contribution in [3.05, 3.63) is 57.0 Å². The molecule has 0 aliphatic heterocycles. The number of hydrogen-bond donors (Lipinski definition) is 2. The molecule has 0 atom stereocenters. The molecule has 8 heteroatoms. The minimum absolute atomic E-state index is 0.239. The highest BCUT2D eigenvalue weighted by Gasteiger charge is 2.10. The first-order valence-electron chi connectivity index (χ1n) is 8.65. The van der Waals surface area contributed by atoms with E-state index in [2.05, 4.69) is 40.6 Å². The molecule has 0 aromatic heterocycles. The number of aryl methyl sites for hydroxylation is 1. The van der Waals surface area contributed by atoms with Gasteiger partial charge in [0.15, 0.2) is 13.2 Å². The maximum absolute atomic E-state index is 11.9. The van der Waals surface area contributed by atoms with Crippen molar-refractivity contribution in [2.24, 2.45) is 0 Å². The largest absolute Gasteiger partial charge is 0.483 e. The fraction of sp³-hybridized carbons (Fsp3) is 0.300. The topological polar surface area (TPSA) is 76.7 Å². The molecule has 0 aliphatic carbocycles. The second kappa shape index (κ2) is 10.3. The summed E-state index contributed by atoms with van der Waals surface area (Å²) in [5.74, 6) is 0.500. The van der Waals surface area contributed by atoms with Crippen molar-refractivity contribution in [3.63, 3.8) is 0 Å². The minimum atomic E-state index is -0.495. The molecule has 0 heterocycles. The summed E-state index contributed by atoms with van der Waals surface area (Å²) >= 11 is 9.30. The molecule has 150 valence electrons. The molecule has 0 bridgehead atoms. The first-order chi connectivity index (χ1) is 13.3. The van der Waals surface area contributed by atoms with E-state index in [1.165, 1.54) is 0 Å². The fourth-order valence-electron chi connectivity index (χ4n) is 2.27. The van der Waals surface area contributed by atoms with Crippen molar-refractivity contribution in [2.75, 3.05) is 13.2 Å². The molecule has 28 heavy (non-hydrogen) atoms. The number of benzene rings is 2. The summed E-state index contributed by atoms with van der Waals surface area (Å²) in [5.41, 5.74) is 6.53. The third-order valence-corrected chi connectivity index (χ3v) is 4.67. The van der Waals surface area contributed by atoms with Crippen LogP contribution in [0.1, 0.15) is 30.9 Å². The van der Waals surface area contributed by atoms with Crippen LogP contribution in [0.25, 0.3) is 0 Å². The monoisotopic (exact) mass is 468 g/mol. The predicted octanol–water partition coefficient (Wildman–Crippen LogP) is 4.14. The Labute approximate surface area is 177 Å². The normalized spacial score (nSPS) is 10.5. The summed E-state index contributed by atoms with van der Waals surface area (Å²) < 4.78 is 11.6. The first kappa shape index (κ1) is 22.0. The number of carbonyl (C=O) groups excluding carboxylic acids is 2. The van der Waals surface area contributed by atoms with Crippen molar-refractivity contribution in [3.8, 4) is 11.5 Å². The van der Waals surface area contributed by atoms with Gasteiger partial charge in [-0.15, -0.1) is 0 Å². The van der Waals surface area contributed by atoms with Gasteiger partial charge in [-0.2, -0.15) is 0 Å². The van der Waals surface area contributed by atoms with Crippen LogP contribution in [0, 0.1) is 6.92 Å². The van der Waals surface area contributed by atoms with Crippen LogP contribution in [0.15, 0.2) is 40.9 Å². The molecule has 0 saturated carbocycles. The maximum atomic E-state index is 11.9. The Morgan fingerprint density at radius 1 is 1.00 bits per heavy atom. The fourth-order valence-corrected chi connectivity index (χ4v) is 3.00. The molecule has 0 fully saturated rings. The average molecular weight is 470 g/mol. The van der Waals surface area contributed by atoms with E-state index in [0.29, 0.717) is 22.4 Å². The Morgan fingerprint density at radius 2 is 1.57 bits per heavy atom. The van der Waals surface area contributed by atoms with Crippen molar-refractivity contribution >= 4 is 39.3 Å². The van der Waals surface area contributed by atoms with Crippen LogP contribution in [-0.2, 0) is 9.59 Å². The quantitative estimate of drug-likeness (QED) is 0.598. The molecular weight excluding hydrogens is 448 g/mol. The van der Waals surface area contributed by atoms with Crippen LogP contribution in [0.3, 0.4) is 0 Å². The van der Waals surface area contributed by atoms with E-state index < -0.39 is 11.8 Å². The van der Waals surface area contributed by atoms with Crippen LogP contribution in [0.2, 0.25) is 5.02 Å². The second-order valence-electron chi connectivity index (χ2n) is 6.43. The number of nitrogens with one attached hydrogen (secondary N) is 2. The Balaban J connectivity index is 1.74. The molecule has 2 N–H and O–H groups in total. The highest BCUT2D eigenvalue weighted by atomic mass is 79.9. The number of carbonyl (C=O) groups is 2. The lowest BCUT2D eigenvalue weighted by molar-refractivity contribution is -0.131. The Morgan fingerprint density at radius 3 is 2.11 bits per heavy atom. The van der Waals surface area contributed by atoms with E-state index in [1.807, 2.05) is 19.1 Å². The van der Waals surface area contributed by atoms with Gasteiger partial charge in [0.1, 0.15) is 11.5 Å². The van der Waals surface area contributed by atoms with Gasteiger partial charge in [0, 0.05) is 5.02 Å². The van der Waals surface area contributed by atoms with Crippen LogP contribution in [0.4, 0.5) is 0 Å². The molecule has 2 aromatic carbocycles. The van der Waals surface area contributed by atoms with E-state index in [-0.39, 0.29) is 13.2 Å². The molecular formula is C20H22BrClN2O4. The number of rotatable bonds is 7. The Hall–Kier alpha value is -2.25. The minimum Gasteiger partial charge on any atom is -0.483 e. The van der Waals surface area contributed by atoms with Crippen LogP contribution >= 0.6 is 27.5 Å². The first-order valence-corrected chi connectivity index (χ1v) is 9.82.